The van der Waals surface area contributed by atoms with Gasteiger partial charge in [0, 0.05) is 30.1 Å². The molecule has 184 valence electrons. The highest BCUT2D eigenvalue weighted by molar-refractivity contribution is 7.09. The molecule has 6 nitrogen and oxygen atoms in total. The van der Waals surface area contributed by atoms with Crippen LogP contribution in [0.15, 0.2) is 22.6 Å². The van der Waals surface area contributed by atoms with Gasteiger partial charge in [-0.15, -0.1) is 11.3 Å². The van der Waals surface area contributed by atoms with Crippen molar-refractivity contribution < 1.29 is 24.5 Å². The third kappa shape index (κ3) is 8.80. The molecule has 7 heteroatoms. The van der Waals surface area contributed by atoms with E-state index in [0.717, 1.165) is 37.0 Å². The molecule has 1 aromatic heterocycles. The van der Waals surface area contributed by atoms with Crippen LogP contribution in [0.2, 0.25) is 0 Å². The Hall–Kier alpha value is -1.83. The largest absolute Gasteiger partial charge is 0.457 e. The summed E-state index contributed by atoms with van der Waals surface area (Å²) in [6.45, 7) is 7.56. The number of Topliss-reactive ketones (excluding diaryl/α,β-unsaturated/α-hetero) is 1. The molecule has 2 N–H and O–H groups in total. The zero-order chi connectivity index (χ0) is 24.4. The van der Waals surface area contributed by atoms with E-state index in [1.807, 2.05) is 25.3 Å². The molecule has 0 aromatic carbocycles. The lowest BCUT2D eigenvalue weighted by Gasteiger charge is -2.23. The van der Waals surface area contributed by atoms with Crippen LogP contribution < -0.4 is 0 Å². The molecule has 3 unspecified atom stereocenters. The molecule has 1 aliphatic heterocycles. The van der Waals surface area contributed by atoms with Crippen LogP contribution in [0, 0.1) is 11.8 Å². The fraction of sp³-hybridized carbons (Fsp3) is 0.654. The molecule has 0 aliphatic carbocycles. The van der Waals surface area contributed by atoms with E-state index in [-0.39, 0.29) is 30.7 Å². The summed E-state index contributed by atoms with van der Waals surface area (Å²) >= 11 is 1.40. The Balaban J connectivity index is 2.23. The summed E-state index contributed by atoms with van der Waals surface area (Å²) in [5.74, 6) is -1.04. The minimum absolute atomic E-state index is 0.00593. The molecule has 0 spiro atoms. The highest BCUT2D eigenvalue weighted by atomic mass is 32.1. The number of nitrogens with zero attached hydrogens (tertiary/aromatic N) is 1. The maximum absolute atomic E-state index is 12.7. The Bertz CT molecular complexity index is 843. The second-order valence-corrected chi connectivity index (χ2v) is 10.0. The molecular weight excluding hydrogens is 438 g/mol. The molecule has 1 aliphatic rings. The number of aliphatic hydroxyl groups is 2. The topological polar surface area (TPSA) is 96.7 Å². The summed E-state index contributed by atoms with van der Waals surface area (Å²) in [6, 6.07) is 0. The number of carbonyl (C=O) groups is 2. The highest BCUT2D eigenvalue weighted by Gasteiger charge is 2.27. The number of allylic oxidation sites excluding steroid dienone is 1. The first-order chi connectivity index (χ1) is 15.7. The number of ketones is 1. The second-order valence-electron chi connectivity index (χ2n) is 9.09. The van der Waals surface area contributed by atoms with Crippen LogP contribution in [-0.2, 0) is 20.9 Å². The van der Waals surface area contributed by atoms with Crippen LogP contribution in [0.25, 0.3) is 6.08 Å². The third-order valence-corrected chi connectivity index (χ3v) is 7.30. The average molecular weight is 478 g/mol. The van der Waals surface area contributed by atoms with Crippen LogP contribution in [0.5, 0.6) is 0 Å². The molecule has 0 radical (unpaired) electrons. The standard InChI is InChI=1S/C26H39NO5S/c1-5-20-9-7-6-8-10-22(29)19(4)26(31)17(2)11-12-25(30)32-23(14-20)18(3)13-21-16-33-24(15-28)27-21/h9,13,16-17,19,22-23,28-29H,5-8,10-12,14-15H2,1-4H3/b18-13+,20-9-/t17?,19-,22?,23?/m1/s1. The van der Waals surface area contributed by atoms with Gasteiger partial charge < -0.3 is 14.9 Å². The summed E-state index contributed by atoms with van der Waals surface area (Å²) in [5, 5.41) is 22.2. The fourth-order valence-electron chi connectivity index (χ4n) is 4.08. The van der Waals surface area contributed by atoms with Crippen molar-refractivity contribution in [1.29, 1.82) is 0 Å². The van der Waals surface area contributed by atoms with Gasteiger partial charge in [-0.25, -0.2) is 4.98 Å². The van der Waals surface area contributed by atoms with Crippen molar-refractivity contribution in [3.05, 3.63) is 33.3 Å². The monoisotopic (exact) mass is 477 g/mol. The fourth-order valence-corrected chi connectivity index (χ4v) is 4.69. The lowest BCUT2D eigenvalue weighted by atomic mass is 9.86. The molecule has 0 saturated heterocycles. The Morgan fingerprint density at radius 2 is 2.03 bits per heavy atom. The normalized spacial score (nSPS) is 28.8. The molecular formula is C26H39NO5S. The number of aliphatic hydroxyl groups excluding tert-OH is 2. The van der Waals surface area contributed by atoms with Crippen molar-refractivity contribution in [3.8, 4) is 0 Å². The number of hydrogen-bond donors (Lipinski definition) is 2. The smallest absolute Gasteiger partial charge is 0.306 e. The van der Waals surface area contributed by atoms with E-state index in [2.05, 4.69) is 18.0 Å². The van der Waals surface area contributed by atoms with Gasteiger partial charge in [0.1, 0.15) is 16.9 Å². The summed E-state index contributed by atoms with van der Waals surface area (Å²) in [7, 11) is 0. The van der Waals surface area contributed by atoms with Crippen molar-refractivity contribution in [2.75, 3.05) is 0 Å². The van der Waals surface area contributed by atoms with E-state index in [9.17, 15) is 19.8 Å². The van der Waals surface area contributed by atoms with Gasteiger partial charge in [-0.3, -0.25) is 9.59 Å². The molecule has 33 heavy (non-hydrogen) atoms. The first kappa shape index (κ1) is 27.4. The van der Waals surface area contributed by atoms with E-state index in [4.69, 9.17) is 4.74 Å². The number of hydrogen-bond acceptors (Lipinski definition) is 7. The number of carbonyl (C=O) groups excluding carboxylic acids is 2. The summed E-state index contributed by atoms with van der Waals surface area (Å²) in [4.78, 5) is 29.8. The summed E-state index contributed by atoms with van der Waals surface area (Å²) in [6.07, 6.45) is 8.48. The minimum atomic E-state index is -0.635. The van der Waals surface area contributed by atoms with Crippen LogP contribution in [0.4, 0.5) is 0 Å². The van der Waals surface area contributed by atoms with Crippen LogP contribution in [0.1, 0.15) is 89.8 Å². The molecule has 0 fully saturated rings. The number of cyclic esters (lactones) is 1. The molecule has 0 amide bonds. The molecule has 4 atom stereocenters. The van der Waals surface area contributed by atoms with Gasteiger partial charge in [0.2, 0.25) is 0 Å². The predicted octanol–water partition coefficient (Wildman–Crippen LogP) is 5.23. The average Bonchev–Trinajstić information content (AvgIpc) is 3.26. The predicted molar refractivity (Wildman–Crippen MR) is 132 cm³/mol. The van der Waals surface area contributed by atoms with Crippen molar-refractivity contribution in [2.45, 2.75) is 97.9 Å². The van der Waals surface area contributed by atoms with Crippen molar-refractivity contribution in [1.82, 2.24) is 4.98 Å². The lowest BCUT2D eigenvalue weighted by Crippen LogP contribution is -2.30. The first-order valence-corrected chi connectivity index (χ1v) is 13.0. The number of thiazole rings is 1. The summed E-state index contributed by atoms with van der Waals surface area (Å²) < 4.78 is 5.90. The van der Waals surface area contributed by atoms with Gasteiger partial charge in [-0.1, -0.05) is 38.8 Å². The van der Waals surface area contributed by atoms with Gasteiger partial charge in [0.15, 0.2) is 0 Å². The Labute approximate surface area is 201 Å². The van der Waals surface area contributed by atoms with Crippen molar-refractivity contribution in [2.24, 2.45) is 11.8 Å². The van der Waals surface area contributed by atoms with Gasteiger partial charge >= 0.3 is 5.97 Å². The molecule has 2 rings (SSSR count). The van der Waals surface area contributed by atoms with E-state index < -0.39 is 18.1 Å². The van der Waals surface area contributed by atoms with Crippen LogP contribution >= 0.6 is 11.3 Å². The van der Waals surface area contributed by atoms with E-state index in [0.29, 0.717) is 24.3 Å². The maximum Gasteiger partial charge on any atom is 0.306 e. The van der Waals surface area contributed by atoms with Crippen LogP contribution in [-0.4, -0.2) is 39.2 Å². The molecule has 0 saturated carbocycles. The van der Waals surface area contributed by atoms with E-state index in [1.54, 1.807) is 6.92 Å². The van der Waals surface area contributed by atoms with E-state index >= 15 is 0 Å². The van der Waals surface area contributed by atoms with E-state index in [1.165, 1.54) is 16.9 Å². The van der Waals surface area contributed by atoms with Crippen LogP contribution in [0.3, 0.4) is 0 Å². The highest BCUT2D eigenvalue weighted by Crippen LogP contribution is 2.25. The van der Waals surface area contributed by atoms with Gasteiger partial charge in [0.25, 0.3) is 0 Å². The molecule has 1 aromatic rings. The number of aromatic nitrogens is 1. The molecule has 0 bridgehead atoms. The Morgan fingerprint density at radius 3 is 2.70 bits per heavy atom. The van der Waals surface area contributed by atoms with Crippen molar-refractivity contribution >= 4 is 29.2 Å². The van der Waals surface area contributed by atoms with Gasteiger partial charge in [0.05, 0.1) is 18.4 Å². The Morgan fingerprint density at radius 1 is 1.27 bits per heavy atom. The number of rotatable bonds is 4. The summed E-state index contributed by atoms with van der Waals surface area (Å²) in [5.41, 5.74) is 2.89. The van der Waals surface area contributed by atoms with Gasteiger partial charge in [-0.05, 0) is 50.7 Å². The molecule has 2 heterocycles. The second kappa shape index (κ2) is 13.8. The quantitative estimate of drug-likeness (QED) is 0.455. The number of ether oxygens (including phenoxy) is 1. The van der Waals surface area contributed by atoms with Gasteiger partial charge in [-0.2, -0.15) is 0 Å². The Kier molecular flexibility index (Phi) is 11.4. The zero-order valence-corrected chi connectivity index (χ0v) is 21.2. The zero-order valence-electron chi connectivity index (χ0n) is 20.4. The SMILES string of the molecule is CC/C1=C/CCCCC(O)[C@@H](C)C(=O)C(C)CCC(=O)OC(/C(C)=C/c2csc(CO)n2)C1. The van der Waals surface area contributed by atoms with Crippen molar-refractivity contribution in [3.63, 3.8) is 0 Å². The number of esters is 1. The minimum Gasteiger partial charge on any atom is -0.457 e. The first-order valence-electron chi connectivity index (χ1n) is 12.1. The lowest BCUT2D eigenvalue weighted by molar-refractivity contribution is -0.147. The third-order valence-electron chi connectivity index (χ3n) is 6.44. The maximum atomic E-state index is 12.7.